The van der Waals surface area contributed by atoms with Crippen LogP contribution in [0.3, 0.4) is 0 Å². The van der Waals surface area contributed by atoms with Gasteiger partial charge in [0.2, 0.25) is 11.9 Å². The van der Waals surface area contributed by atoms with E-state index in [1.54, 1.807) is 12.4 Å². The van der Waals surface area contributed by atoms with E-state index in [2.05, 4.69) is 30.2 Å². The molecule has 2 N–H and O–H groups in total. The fourth-order valence-corrected chi connectivity index (χ4v) is 4.74. The van der Waals surface area contributed by atoms with Crippen molar-refractivity contribution in [3.8, 4) is 16.9 Å². The first-order chi connectivity index (χ1) is 19.2. The molecule has 9 nitrogen and oxygen atoms in total. The van der Waals surface area contributed by atoms with E-state index in [-0.39, 0.29) is 13.1 Å². The number of fused-ring (bicyclic) bond motifs is 1. The van der Waals surface area contributed by atoms with E-state index in [9.17, 15) is 18.0 Å². The quantitative estimate of drug-likeness (QED) is 0.314. The summed E-state index contributed by atoms with van der Waals surface area (Å²) >= 11 is 0. The number of H-pyrrole nitrogens is 1. The van der Waals surface area contributed by atoms with Crippen LogP contribution in [0.5, 0.6) is 5.75 Å². The maximum atomic E-state index is 12.5. The number of anilines is 2. The summed E-state index contributed by atoms with van der Waals surface area (Å²) in [6.45, 7) is 6.57. The molecule has 0 spiro atoms. The number of ether oxygens (including phenoxy) is 1. The maximum Gasteiger partial charge on any atom is 0.397 e. The molecule has 1 saturated heterocycles. The number of benzene rings is 1. The Bertz CT molecular complexity index is 1500. The Labute approximate surface area is 229 Å². The summed E-state index contributed by atoms with van der Waals surface area (Å²) in [6, 6.07) is 11.8. The molecule has 0 aliphatic carbocycles. The van der Waals surface area contributed by atoms with Crippen molar-refractivity contribution in [2.45, 2.75) is 33.0 Å². The summed E-state index contributed by atoms with van der Waals surface area (Å²) in [5, 5.41) is 3.22. The van der Waals surface area contributed by atoms with E-state index in [0.29, 0.717) is 38.0 Å². The number of carbonyl (C=O) groups is 1. The van der Waals surface area contributed by atoms with Crippen molar-refractivity contribution in [2.75, 3.05) is 38.1 Å². The summed E-state index contributed by atoms with van der Waals surface area (Å²) in [7, 11) is 0. The molecule has 0 bridgehead atoms. The van der Waals surface area contributed by atoms with Crippen molar-refractivity contribution in [1.82, 2.24) is 29.7 Å². The standard InChI is InChI=1S/C28H30F3N7O2/c1-3-40-24-16-33-18(2)12-21(24)20-4-5-22-23(14-20)35-27(34-22)36-25-13-19(6-7-32-25)17-37-8-10-38(11-9-37)26(39)15-28(29,30)31/h4-7,12-14,16H,3,8-11,15,17H2,1-2H3,(H2,32,34,35,36). The number of halogens is 3. The summed E-state index contributed by atoms with van der Waals surface area (Å²) in [6.07, 6.45) is -2.46. The number of alkyl halides is 3. The fourth-order valence-electron chi connectivity index (χ4n) is 4.74. The van der Waals surface area contributed by atoms with E-state index >= 15 is 0 Å². The lowest BCUT2D eigenvalue weighted by atomic mass is 10.0. The van der Waals surface area contributed by atoms with Gasteiger partial charge in [-0.3, -0.25) is 14.7 Å². The number of piperazine rings is 1. The number of hydrogen-bond acceptors (Lipinski definition) is 7. The number of imidazole rings is 1. The molecule has 4 heterocycles. The number of aromatic nitrogens is 4. The third-order valence-corrected chi connectivity index (χ3v) is 6.65. The number of rotatable bonds is 8. The molecule has 0 atom stereocenters. The molecule has 0 unspecified atom stereocenters. The SMILES string of the molecule is CCOc1cnc(C)cc1-c1ccc2nc(Nc3cc(CN4CCN(C(=O)CC(F)(F)F)CC4)ccn3)[nH]c2c1. The smallest absolute Gasteiger partial charge is 0.397 e. The number of carbonyl (C=O) groups excluding carboxylic acids is 1. The average molecular weight is 554 g/mol. The monoisotopic (exact) mass is 553 g/mol. The van der Waals surface area contributed by atoms with Crippen LogP contribution in [-0.2, 0) is 11.3 Å². The zero-order chi connectivity index (χ0) is 28.3. The molecule has 1 amide bonds. The van der Waals surface area contributed by atoms with Gasteiger partial charge in [-0.25, -0.2) is 9.97 Å². The van der Waals surface area contributed by atoms with Crippen molar-refractivity contribution in [3.05, 3.63) is 60.0 Å². The van der Waals surface area contributed by atoms with Crippen molar-refractivity contribution in [2.24, 2.45) is 0 Å². The second kappa shape index (κ2) is 11.5. The third kappa shape index (κ3) is 6.68. The molecule has 0 saturated carbocycles. The van der Waals surface area contributed by atoms with Crippen LogP contribution in [0.2, 0.25) is 0 Å². The molecule has 3 aromatic heterocycles. The van der Waals surface area contributed by atoms with E-state index in [1.807, 2.05) is 50.2 Å². The van der Waals surface area contributed by atoms with Crippen LogP contribution in [0.25, 0.3) is 22.2 Å². The average Bonchev–Trinajstić information content (AvgIpc) is 3.31. The Morgan fingerprint density at radius 3 is 2.65 bits per heavy atom. The minimum Gasteiger partial charge on any atom is -0.492 e. The number of nitrogens with one attached hydrogen (secondary N) is 2. The molecular formula is C28H30F3N7O2. The lowest BCUT2D eigenvalue weighted by molar-refractivity contribution is -0.162. The highest BCUT2D eigenvalue weighted by atomic mass is 19.4. The number of aryl methyl sites for hydroxylation is 1. The van der Waals surface area contributed by atoms with Crippen LogP contribution in [-0.4, -0.2) is 74.6 Å². The molecule has 12 heteroatoms. The fraction of sp³-hybridized carbons (Fsp3) is 0.357. The largest absolute Gasteiger partial charge is 0.492 e. The zero-order valence-corrected chi connectivity index (χ0v) is 22.3. The first-order valence-corrected chi connectivity index (χ1v) is 13.1. The number of nitrogens with zero attached hydrogens (tertiary/aromatic N) is 5. The van der Waals surface area contributed by atoms with Gasteiger partial charge in [0.25, 0.3) is 0 Å². The predicted octanol–water partition coefficient (Wildman–Crippen LogP) is 5.07. The van der Waals surface area contributed by atoms with Crippen LogP contribution in [0.15, 0.2) is 48.8 Å². The van der Waals surface area contributed by atoms with Crippen LogP contribution < -0.4 is 10.1 Å². The van der Waals surface area contributed by atoms with Gasteiger partial charge < -0.3 is 19.9 Å². The van der Waals surface area contributed by atoms with E-state index in [0.717, 1.165) is 39.2 Å². The highest BCUT2D eigenvalue weighted by molar-refractivity contribution is 5.85. The lowest BCUT2D eigenvalue weighted by Gasteiger charge is -2.35. The molecule has 210 valence electrons. The highest BCUT2D eigenvalue weighted by Gasteiger charge is 2.34. The minimum absolute atomic E-state index is 0.275. The summed E-state index contributed by atoms with van der Waals surface area (Å²) in [5.41, 5.74) is 5.48. The number of aromatic amines is 1. The van der Waals surface area contributed by atoms with E-state index in [1.165, 1.54) is 4.90 Å². The van der Waals surface area contributed by atoms with Crippen LogP contribution in [0, 0.1) is 6.92 Å². The van der Waals surface area contributed by atoms with Gasteiger partial charge in [0.15, 0.2) is 0 Å². The lowest BCUT2D eigenvalue weighted by Crippen LogP contribution is -2.49. The number of amides is 1. The van der Waals surface area contributed by atoms with Crippen LogP contribution in [0.1, 0.15) is 24.6 Å². The molecule has 5 rings (SSSR count). The first kappa shape index (κ1) is 27.4. The Hall–Kier alpha value is -4.19. The molecular weight excluding hydrogens is 523 g/mol. The van der Waals surface area contributed by atoms with Gasteiger partial charge in [0.1, 0.15) is 18.0 Å². The molecule has 1 aliphatic rings. The highest BCUT2D eigenvalue weighted by Crippen LogP contribution is 2.32. The topological polar surface area (TPSA) is 99.3 Å². The van der Waals surface area contributed by atoms with Gasteiger partial charge in [-0.2, -0.15) is 13.2 Å². The van der Waals surface area contributed by atoms with Crippen molar-refractivity contribution >= 4 is 28.7 Å². The van der Waals surface area contributed by atoms with Gasteiger partial charge in [-0.1, -0.05) is 6.07 Å². The van der Waals surface area contributed by atoms with Gasteiger partial charge in [0, 0.05) is 50.2 Å². The third-order valence-electron chi connectivity index (χ3n) is 6.65. The summed E-state index contributed by atoms with van der Waals surface area (Å²) in [4.78, 5) is 31.9. The molecule has 1 fully saturated rings. The number of hydrogen-bond donors (Lipinski definition) is 2. The molecule has 4 aromatic rings. The van der Waals surface area contributed by atoms with Gasteiger partial charge in [-0.15, -0.1) is 0 Å². The van der Waals surface area contributed by atoms with Crippen molar-refractivity contribution in [3.63, 3.8) is 0 Å². The van der Waals surface area contributed by atoms with Gasteiger partial charge in [0.05, 0.1) is 23.8 Å². The van der Waals surface area contributed by atoms with Crippen molar-refractivity contribution < 1.29 is 22.7 Å². The van der Waals surface area contributed by atoms with Crippen molar-refractivity contribution in [1.29, 1.82) is 0 Å². The molecule has 0 radical (unpaired) electrons. The maximum absolute atomic E-state index is 12.5. The van der Waals surface area contributed by atoms with Crippen LogP contribution >= 0.6 is 0 Å². The summed E-state index contributed by atoms with van der Waals surface area (Å²) < 4.78 is 43.4. The summed E-state index contributed by atoms with van der Waals surface area (Å²) in [5.74, 6) is 1.01. The molecule has 40 heavy (non-hydrogen) atoms. The number of pyridine rings is 2. The Morgan fingerprint density at radius 2 is 1.90 bits per heavy atom. The predicted molar refractivity (Wildman–Crippen MR) is 145 cm³/mol. The van der Waals surface area contributed by atoms with Gasteiger partial charge in [-0.05, 0) is 55.3 Å². The Kier molecular flexibility index (Phi) is 7.88. The first-order valence-electron chi connectivity index (χ1n) is 13.1. The molecule has 1 aliphatic heterocycles. The normalized spacial score (nSPS) is 14.5. The van der Waals surface area contributed by atoms with E-state index < -0.39 is 18.5 Å². The van der Waals surface area contributed by atoms with Crippen LogP contribution in [0.4, 0.5) is 24.9 Å². The van der Waals surface area contributed by atoms with E-state index in [4.69, 9.17) is 4.74 Å². The minimum atomic E-state index is -4.48. The second-order valence-corrected chi connectivity index (χ2v) is 9.70. The Morgan fingerprint density at radius 1 is 1.10 bits per heavy atom. The second-order valence-electron chi connectivity index (χ2n) is 9.70. The zero-order valence-electron chi connectivity index (χ0n) is 22.3. The Balaban J connectivity index is 1.24. The molecule has 1 aromatic carbocycles. The van der Waals surface area contributed by atoms with Gasteiger partial charge >= 0.3 is 6.18 Å².